The number of nitriles is 1. The van der Waals surface area contributed by atoms with Gasteiger partial charge < -0.3 is 14.5 Å². The van der Waals surface area contributed by atoms with Crippen molar-refractivity contribution in [2.24, 2.45) is 5.41 Å². The fourth-order valence-corrected chi connectivity index (χ4v) is 6.41. The molecule has 4 heterocycles. The van der Waals surface area contributed by atoms with E-state index in [-0.39, 0.29) is 11.3 Å². The standard InChI is InChI=1S/C33H32N6O2/c1-3-7-31(40)39-15-12-33(22-39)11-6-14-38(21-33)30-17-25(41-20-24-8-4-5-13-35-24)16-26(27(30)18-34)32-23(2)9-10-29-28(32)19-36-37-29/h4-5,8-10,13,16-17,19H,6,11-12,14-15,20-22H2,1-2H3,(H,36,37). The third kappa shape index (κ3) is 5.10. The lowest BCUT2D eigenvalue weighted by Gasteiger charge is -2.42. The molecule has 2 aromatic carbocycles. The van der Waals surface area contributed by atoms with E-state index in [9.17, 15) is 10.1 Å². The number of piperidine rings is 1. The average molecular weight is 545 g/mol. The van der Waals surface area contributed by atoms with Crippen molar-refractivity contribution in [1.29, 1.82) is 5.26 Å². The zero-order chi connectivity index (χ0) is 28.4. The molecule has 6 rings (SSSR count). The SMILES string of the molecule is CC#CC(=O)N1CCC2(CCCN(c3cc(OCc4ccccn4)cc(-c4c(C)ccc5[nH]ncc45)c3C#N)C2)C1. The minimum absolute atomic E-state index is 0.0263. The molecule has 0 saturated carbocycles. The molecule has 0 bridgehead atoms. The average Bonchev–Trinajstić information content (AvgIpc) is 3.64. The first kappa shape index (κ1) is 26.4. The van der Waals surface area contributed by atoms with Gasteiger partial charge in [-0.2, -0.15) is 10.4 Å². The van der Waals surface area contributed by atoms with Crippen molar-refractivity contribution in [3.05, 3.63) is 71.7 Å². The summed E-state index contributed by atoms with van der Waals surface area (Å²) in [7, 11) is 0. The van der Waals surface area contributed by atoms with Gasteiger partial charge in [0.15, 0.2) is 0 Å². The smallest absolute Gasteiger partial charge is 0.298 e. The number of ether oxygens (including phenoxy) is 1. The highest BCUT2D eigenvalue weighted by Crippen LogP contribution is 2.44. The summed E-state index contributed by atoms with van der Waals surface area (Å²) in [5, 5.41) is 18.9. The maximum Gasteiger partial charge on any atom is 0.298 e. The van der Waals surface area contributed by atoms with Gasteiger partial charge in [0.1, 0.15) is 18.4 Å². The van der Waals surface area contributed by atoms with Gasteiger partial charge in [0.05, 0.1) is 28.7 Å². The number of hydrogen-bond acceptors (Lipinski definition) is 6. The summed E-state index contributed by atoms with van der Waals surface area (Å²) in [6, 6.07) is 16.3. The third-order valence-electron chi connectivity index (χ3n) is 8.38. The molecule has 1 atom stereocenters. The quantitative estimate of drug-likeness (QED) is 0.346. The summed E-state index contributed by atoms with van der Waals surface area (Å²) in [6.45, 7) is 7.08. The van der Waals surface area contributed by atoms with Crippen molar-refractivity contribution in [2.45, 2.75) is 39.7 Å². The van der Waals surface area contributed by atoms with E-state index >= 15 is 0 Å². The highest BCUT2D eigenvalue weighted by molar-refractivity contribution is 5.99. The van der Waals surface area contributed by atoms with Crippen molar-refractivity contribution < 1.29 is 9.53 Å². The van der Waals surface area contributed by atoms with Gasteiger partial charge in [0.2, 0.25) is 0 Å². The molecule has 2 aliphatic rings. The van der Waals surface area contributed by atoms with Crippen LogP contribution in [0.4, 0.5) is 5.69 Å². The Labute approximate surface area is 239 Å². The molecule has 206 valence electrons. The van der Waals surface area contributed by atoms with Crippen LogP contribution in [0.2, 0.25) is 0 Å². The number of aromatic amines is 1. The van der Waals surface area contributed by atoms with Crippen LogP contribution in [0.5, 0.6) is 5.75 Å². The summed E-state index contributed by atoms with van der Waals surface area (Å²) in [5.41, 5.74) is 6.05. The first-order valence-electron chi connectivity index (χ1n) is 14.0. The third-order valence-corrected chi connectivity index (χ3v) is 8.38. The van der Waals surface area contributed by atoms with E-state index in [1.165, 1.54) is 0 Å². The number of pyridine rings is 1. The Balaban J connectivity index is 1.42. The summed E-state index contributed by atoms with van der Waals surface area (Å²) in [4.78, 5) is 21.2. The molecular formula is C33H32N6O2. The number of rotatable bonds is 5. The summed E-state index contributed by atoms with van der Waals surface area (Å²) in [5.74, 6) is 6.02. The lowest BCUT2D eigenvalue weighted by atomic mass is 9.78. The molecule has 1 spiro atoms. The number of aromatic nitrogens is 3. The van der Waals surface area contributed by atoms with Crippen LogP contribution in [-0.2, 0) is 11.4 Å². The molecule has 1 N–H and O–H groups in total. The predicted octanol–water partition coefficient (Wildman–Crippen LogP) is 5.23. The second-order valence-corrected chi connectivity index (χ2v) is 11.1. The number of H-pyrrole nitrogens is 1. The molecule has 0 radical (unpaired) electrons. The highest BCUT2D eigenvalue weighted by atomic mass is 16.5. The van der Waals surface area contributed by atoms with Crippen molar-refractivity contribution in [3.63, 3.8) is 0 Å². The van der Waals surface area contributed by atoms with Crippen LogP contribution in [0, 0.1) is 35.5 Å². The van der Waals surface area contributed by atoms with E-state index < -0.39 is 0 Å². The van der Waals surface area contributed by atoms with E-state index in [1.54, 1.807) is 13.1 Å². The van der Waals surface area contributed by atoms with E-state index in [0.717, 1.165) is 71.3 Å². The molecule has 2 saturated heterocycles. The topological polar surface area (TPSA) is 98.1 Å². The van der Waals surface area contributed by atoms with Crippen LogP contribution in [0.25, 0.3) is 22.0 Å². The largest absolute Gasteiger partial charge is 0.487 e. The maximum atomic E-state index is 12.5. The summed E-state index contributed by atoms with van der Waals surface area (Å²) < 4.78 is 6.32. The monoisotopic (exact) mass is 544 g/mol. The van der Waals surface area contributed by atoms with Crippen LogP contribution >= 0.6 is 0 Å². The van der Waals surface area contributed by atoms with Gasteiger partial charge in [-0.05, 0) is 74.4 Å². The Morgan fingerprint density at radius 3 is 2.88 bits per heavy atom. The van der Waals surface area contributed by atoms with Crippen LogP contribution in [0.15, 0.2) is 54.9 Å². The molecule has 2 fully saturated rings. The lowest BCUT2D eigenvalue weighted by Crippen LogP contribution is -2.45. The summed E-state index contributed by atoms with van der Waals surface area (Å²) in [6.07, 6.45) is 6.53. The van der Waals surface area contributed by atoms with Crippen molar-refractivity contribution in [3.8, 4) is 34.8 Å². The highest BCUT2D eigenvalue weighted by Gasteiger charge is 2.43. The number of hydrogen-bond donors (Lipinski definition) is 1. The van der Waals surface area contributed by atoms with Gasteiger partial charge in [0, 0.05) is 54.8 Å². The van der Waals surface area contributed by atoms with Gasteiger partial charge in [-0.3, -0.25) is 14.9 Å². The Hall–Kier alpha value is -4.82. The van der Waals surface area contributed by atoms with Crippen molar-refractivity contribution in [1.82, 2.24) is 20.1 Å². The minimum Gasteiger partial charge on any atom is -0.487 e. The minimum atomic E-state index is -0.102. The molecular weight excluding hydrogens is 512 g/mol. The lowest BCUT2D eigenvalue weighted by molar-refractivity contribution is -0.124. The summed E-state index contributed by atoms with van der Waals surface area (Å²) >= 11 is 0. The Morgan fingerprint density at radius 2 is 2.07 bits per heavy atom. The molecule has 2 aromatic heterocycles. The Kier molecular flexibility index (Phi) is 7.07. The fraction of sp³-hybridized carbons (Fsp3) is 0.333. The second kappa shape index (κ2) is 11.0. The van der Waals surface area contributed by atoms with Crippen molar-refractivity contribution >= 4 is 22.5 Å². The zero-order valence-electron chi connectivity index (χ0n) is 23.4. The van der Waals surface area contributed by atoms with Gasteiger partial charge >= 0.3 is 0 Å². The molecule has 2 aliphatic heterocycles. The number of fused-ring (bicyclic) bond motifs is 1. The van der Waals surface area contributed by atoms with Gasteiger partial charge in [0.25, 0.3) is 5.91 Å². The molecule has 1 unspecified atom stereocenters. The first-order valence-corrected chi connectivity index (χ1v) is 14.0. The first-order chi connectivity index (χ1) is 20.0. The second-order valence-electron chi connectivity index (χ2n) is 11.1. The van der Waals surface area contributed by atoms with Gasteiger partial charge in [-0.25, -0.2) is 0 Å². The maximum absolute atomic E-state index is 12.5. The number of nitrogens with zero attached hydrogens (tertiary/aromatic N) is 5. The van der Waals surface area contributed by atoms with Gasteiger partial charge in [-0.15, -0.1) is 0 Å². The number of benzene rings is 2. The van der Waals surface area contributed by atoms with Crippen molar-refractivity contribution in [2.75, 3.05) is 31.1 Å². The molecule has 4 aromatic rings. The Bertz CT molecular complexity index is 1710. The Morgan fingerprint density at radius 1 is 1.17 bits per heavy atom. The number of carbonyl (C=O) groups excluding carboxylic acids is 1. The molecule has 0 aliphatic carbocycles. The molecule has 1 amide bonds. The van der Waals surface area contributed by atoms with E-state index in [2.05, 4.69) is 51.0 Å². The number of aryl methyl sites for hydroxylation is 1. The number of likely N-dealkylation sites (tertiary alicyclic amines) is 1. The van der Waals surface area contributed by atoms with Crippen LogP contribution < -0.4 is 9.64 Å². The van der Waals surface area contributed by atoms with Gasteiger partial charge in [-0.1, -0.05) is 18.1 Å². The number of amides is 1. The van der Waals surface area contributed by atoms with E-state index in [4.69, 9.17) is 4.74 Å². The van der Waals surface area contributed by atoms with E-state index in [0.29, 0.717) is 31.0 Å². The normalized spacial score (nSPS) is 18.3. The number of anilines is 1. The van der Waals surface area contributed by atoms with Crippen LogP contribution in [0.1, 0.15) is 43.0 Å². The molecule has 41 heavy (non-hydrogen) atoms. The van der Waals surface area contributed by atoms with Crippen LogP contribution in [-0.4, -0.2) is 52.2 Å². The van der Waals surface area contributed by atoms with E-state index in [1.807, 2.05) is 47.5 Å². The molecule has 8 nitrogen and oxygen atoms in total. The fourth-order valence-electron chi connectivity index (χ4n) is 6.41. The number of carbonyl (C=O) groups is 1. The van der Waals surface area contributed by atoms with Crippen LogP contribution in [0.3, 0.4) is 0 Å². The molecule has 8 heteroatoms. The predicted molar refractivity (Wildman–Crippen MR) is 158 cm³/mol. The zero-order valence-corrected chi connectivity index (χ0v) is 23.4. The number of nitrogens with one attached hydrogen (secondary N) is 1.